The lowest BCUT2D eigenvalue weighted by Crippen LogP contribution is -2.65. The van der Waals surface area contributed by atoms with E-state index in [-0.39, 0.29) is 43.4 Å². The number of Topliss-reactive ketones (excluding diaryl/α,β-unsaturated/α-hetero) is 1. The number of nitro groups is 1. The van der Waals surface area contributed by atoms with Gasteiger partial charge in [-0.2, -0.15) is 0 Å². The maximum atomic E-state index is 13.5. The van der Waals surface area contributed by atoms with E-state index in [2.05, 4.69) is 5.32 Å². The summed E-state index contributed by atoms with van der Waals surface area (Å²) in [6, 6.07) is 24.3. The van der Waals surface area contributed by atoms with Crippen LogP contribution >= 0.6 is 0 Å². The van der Waals surface area contributed by atoms with Crippen LogP contribution in [0.15, 0.2) is 84.9 Å². The van der Waals surface area contributed by atoms with Crippen LogP contribution in [0.4, 0.5) is 11.4 Å². The van der Waals surface area contributed by atoms with Gasteiger partial charge in [-0.1, -0.05) is 68.1 Å². The van der Waals surface area contributed by atoms with Crippen LogP contribution < -0.4 is 5.32 Å². The summed E-state index contributed by atoms with van der Waals surface area (Å²) in [6.07, 6.45) is 1.47. The maximum absolute atomic E-state index is 13.5. The highest BCUT2D eigenvalue weighted by molar-refractivity contribution is 5.97. The third kappa shape index (κ3) is 5.92. The molecule has 0 saturated carbocycles. The number of carbonyl (C=O) groups excluding carboxylic acids is 2. The molecule has 3 aliphatic heterocycles. The zero-order chi connectivity index (χ0) is 25.8. The smallest absolute Gasteiger partial charge is 0.333 e. The lowest BCUT2D eigenvalue weighted by Gasteiger charge is -2.51. The molecule has 0 aromatic heterocycles. The number of ketones is 1. The summed E-state index contributed by atoms with van der Waals surface area (Å²) >= 11 is 0. The van der Waals surface area contributed by atoms with E-state index in [1.807, 2.05) is 60.7 Å². The molecule has 3 heterocycles. The normalized spacial score (nSPS) is 22.5. The number of nitrogens with zero attached hydrogens (tertiary/aromatic N) is 2. The van der Waals surface area contributed by atoms with Gasteiger partial charge in [0.15, 0.2) is 12.1 Å². The number of nitro benzene ring substituents is 1. The fraction of sp³-hybridized carbons (Fsp3) is 0.333. The Labute approximate surface area is 223 Å². The minimum atomic E-state index is -0.654. The van der Waals surface area contributed by atoms with Crippen molar-refractivity contribution in [1.29, 1.82) is 0 Å². The first-order chi connectivity index (χ1) is 17.9. The first-order valence-electron chi connectivity index (χ1n) is 12.6. The standard InChI is InChI=1S/C29H30N3O5.CH4/c33-26(23-10-7-13-25(18-23)31(35)36)19-32-16-14-21(15-17-32)27(20-32)37-29(34)28(22-8-3-1-4-9-22)30-24-11-5-2-6-12-24;/h1-13,18,21,27-28,30H,14-17,19-20H2;1H4/q+1;/t21?,27-,28+,32?;/m0./s1. The third-order valence-electron chi connectivity index (χ3n) is 7.62. The van der Waals surface area contributed by atoms with Crippen LogP contribution in [-0.4, -0.2) is 53.4 Å². The van der Waals surface area contributed by atoms with Gasteiger partial charge in [-0.05, 0) is 17.7 Å². The molecule has 3 fully saturated rings. The minimum Gasteiger partial charge on any atom is -0.454 e. The molecule has 3 aromatic carbocycles. The Kier molecular flexibility index (Phi) is 8.22. The van der Waals surface area contributed by atoms with Gasteiger partial charge in [0, 0.05) is 42.1 Å². The fourth-order valence-corrected chi connectivity index (χ4v) is 5.61. The molecular formula is C30H34N3O5+. The number of benzene rings is 3. The van der Waals surface area contributed by atoms with Gasteiger partial charge in [0.2, 0.25) is 5.78 Å². The van der Waals surface area contributed by atoms with Gasteiger partial charge in [0.25, 0.3) is 5.69 Å². The van der Waals surface area contributed by atoms with Crippen LogP contribution in [0, 0.1) is 16.0 Å². The SMILES string of the molecule is C.O=C(C[N+]12CCC(CC1)[C@@H](OC(=O)[C@H](Nc1ccccc1)c1ccccc1)C2)c1cccc([N+](=O)[O-])c1. The quantitative estimate of drug-likeness (QED) is 0.134. The number of non-ortho nitro benzene ring substituents is 1. The van der Waals surface area contributed by atoms with E-state index >= 15 is 0 Å². The summed E-state index contributed by atoms with van der Waals surface area (Å²) < 4.78 is 6.70. The number of hydrogen-bond donors (Lipinski definition) is 1. The van der Waals surface area contributed by atoms with Crippen LogP contribution in [0.25, 0.3) is 0 Å². The molecule has 38 heavy (non-hydrogen) atoms. The van der Waals surface area contributed by atoms with E-state index in [0.29, 0.717) is 16.6 Å². The molecule has 3 aliphatic rings. The number of esters is 1. The summed E-state index contributed by atoms with van der Waals surface area (Å²) in [4.78, 5) is 37.3. The predicted octanol–water partition coefficient (Wildman–Crippen LogP) is 5.42. The summed E-state index contributed by atoms with van der Waals surface area (Å²) in [7, 11) is 0. The Balaban J connectivity index is 0.00000336. The van der Waals surface area contributed by atoms with Crippen molar-refractivity contribution in [2.45, 2.75) is 32.4 Å². The molecule has 8 nitrogen and oxygen atoms in total. The Hall–Kier alpha value is -4.04. The monoisotopic (exact) mass is 516 g/mol. The number of piperidine rings is 3. The fourth-order valence-electron chi connectivity index (χ4n) is 5.61. The van der Waals surface area contributed by atoms with Crippen molar-refractivity contribution < 1.29 is 23.7 Å². The summed E-state index contributed by atoms with van der Waals surface area (Å²) in [5.41, 5.74) is 1.91. The number of nitrogens with one attached hydrogen (secondary N) is 1. The van der Waals surface area contributed by atoms with Gasteiger partial charge in [-0.3, -0.25) is 14.9 Å². The van der Waals surface area contributed by atoms with Crippen molar-refractivity contribution in [3.8, 4) is 0 Å². The summed E-state index contributed by atoms with van der Waals surface area (Å²) in [5, 5.41) is 14.5. The highest BCUT2D eigenvalue weighted by Crippen LogP contribution is 2.37. The number of fused-ring (bicyclic) bond motifs is 3. The van der Waals surface area contributed by atoms with E-state index in [1.165, 1.54) is 12.1 Å². The van der Waals surface area contributed by atoms with Crippen LogP contribution in [0.1, 0.15) is 42.2 Å². The van der Waals surface area contributed by atoms with E-state index in [1.54, 1.807) is 12.1 Å². The highest BCUT2D eigenvalue weighted by Gasteiger charge is 2.49. The van der Waals surface area contributed by atoms with Crippen molar-refractivity contribution in [3.05, 3.63) is 106 Å². The van der Waals surface area contributed by atoms with Crippen molar-refractivity contribution in [2.75, 3.05) is 31.5 Å². The molecule has 0 amide bonds. The third-order valence-corrected chi connectivity index (χ3v) is 7.62. The van der Waals surface area contributed by atoms with Crippen LogP contribution in [-0.2, 0) is 9.53 Å². The number of anilines is 1. The molecule has 0 aliphatic carbocycles. The number of rotatable bonds is 9. The molecule has 6 rings (SSSR count). The van der Waals surface area contributed by atoms with E-state index in [4.69, 9.17) is 4.74 Å². The average Bonchev–Trinajstić information content (AvgIpc) is 2.93. The van der Waals surface area contributed by atoms with Crippen molar-refractivity contribution in [3.63, 3.8) is 0 Å². The second-order valence-corrected chi connectivity index (χ2v) is 10.0. The number of carbonyl (C=O) groups is 2. The highest BCUT2D eigenvalue weighted by atomic mass is 16.6. The number of hydrogen-bond acceptors (Lipinski definition) is 6. The molecule has 1 N–H and O–H groups in total. The Morgan fingerprint density at radius 3 is 2.29 bits per heavy atom. The number of ether oxygens (including phenoxy) is 1. The maximum Gasteiger partial charge on any atom is 0.333 e. The van der Waals surface area contributed by atoms with Gasteiger partial charge in [0.05, 0.1) is 18.0 Å². The number of quaternary nitrogens is 1. The van der Waals surface area contributed by atoms with Gasteiger partial charge in [-0.25, -0.2) is 4.79 Å². The average molecular weight is 517 g/mol. The zero-order valence-corrected chi connectivity index (χ0v) is 20.5. The van der Waals surface area contributed by atoms with Crippen molar-refractivity contribution in [1.82, 2.24) is 0 Å². The lowest BCUT2D eigenvalue weighted by molar-refractivity contribution is -0.938. The first-order valence-corrected chi connectivity index (χ1v) is 12.6. The van der Waals surface area contributed by atoms with Gasteiger partial charge in [-0.15, -0.1) is 0 Å². The largest absolute Gasteiger partial charge is 0.454 e. The molecule has 0 radical (unpaired) electrons. The van der Waals surface area contributed by atoms with E-state index < -0.39 is 11.0 Å². The van der Waals surface area contributed by atoms with Crippen molar-refractivity contribution >= 4 is 23.1 Å². The zero-order valence-electron chi connectivity index (χ0n) is 20.5. The van der Waals surface area contributed by atoms with Gasteiger partial charge in [0.1, 0.15) is 13.1 Å². The molecular weight excluding hydrogens is 482 g/mol. The Morgan fingerprint density at radius 2 is 1.63 bits per heavy atom. The molecule has 3 aromatic rings. The Bertz CT molecular complexity index is 1270. The predicted molar refractivity (Wildman–Crippen MR) is 146 cm³/mol. The molecule has 0 unspecified atom stereocenters. The second-order valence-electron chi connectivity index (χ2n) is 10.0. The topological polar surface area (TPSA) is 98.5 Å². The molecule has 3 saturated heterocycles. The molecule has 0 spiro atoms. The van der Waals surface area contributed by atoms with Crippen molar-refractivity contribution in [2.24, 2.45) is 5.92 Å². The molecule has 2 atom stereocenters. The van der Waals surface area contributed by atoms with Crippen LogP contribution in [0.3, 0.4) is 0 Å². The number of para-hydroxylation sites is 1. The lowest BCUT2D eigenvalue weighted by atomic mass is 9.82. The molecule has 2 bridgehead atoms. The molecule has 198 valence electrons. The van der Waals surface area contributed by atoms with Gasteiger partial charge < -0.3 is 14.5 Å². The van der Waals surface area contributed by atoms with Crippen LogP contribution in [0.2, 0.25) is 0 Å². The van der Waals surface area contributed by atoms with E-state index in [0.717, 1.165) is 37.2 Å². The first kappa shape index (κ1) is 27.0. The second kappa shape index (κ2) is 11.6. The van der Waals surface area contributed by atoms with E-state index in [9.17, 15) is 19.7 Å². The summed E-state index contributed by atoms with van der Waals surface area (Å²) in [5.74, 6) is -0.191. The Morgan fingerprint density at radius 1 is 0.974 bits per heavy atom. The van der Waals surface area contributed by atoms with Gasteiger partial charge >= 0.3 is 5.97 Å². The minimum absolute atomic E-state index is 0. The summed E-state index contributed by atoms with van der Waals surface area (Å²) in [6.45, 7) is 2.49. The van der Waals surface area contributed by atoms with Crippen LogP contribution in [0.5, 0.6) is 0 Å². The molecule has 8 heteroatoms.